The zero-order chi connectivity index (χ0) is 15.9. The van der Waals surface area contributed by atoms with E-state index in [4.69, 9.17) is 10.5 Å². The van der Waals surface area contributed by atoms with Gasteiger partial charge in [0.05, 0.1) is 19.0 Å². The van der Waals surface area contributed by atoms with Crippen LogP contribution >= 0.6 is 7.60 Å². The molecule has 3 heterocycles. The molecule has 0 radical (unpaired) electrons. The number of nitrogen functional groups attached to an aromatic ring is 1. The second-order valence-electron chi connectivity index (χ2n) is 4.80. The van der Waals surface area contributed by atoms with Gasteiger partial charge in [-0.25, -0.2) is 15.0 Å². The van der Waals surface area contributed by atoms with Crippen LogP contribution in [-0.2, 0) is 9.30 Å². The monoisotopic (exact) mass is 327 g/mol. The summed E-state index contributed by atoms with van der Waals surface area (Å²) in [5.41, 5.74) is 6.57. The van der Waals surface area contributed by atoms with Gasteiger partial charge in [-0.15, -0.1) is 0 Å². The molecule has 0 saturated carbocycles. The van der Waals surface area contributed by atoms with Crippen LogP contribution in [0.15, 0.2) is 24.8 Å². The molecule has 5 N–H and O–H groups in total. The predicted octanol–water partition coefficient (Wildman–Crippen LogP) is -0.599. The normalized spacial score (nSPS) is 25.7. The van der Waals surface area contributed by atoms with Crippen LogP contribution in [-0.4, -0.2) is 53.0 Å². The first-order chi connectivity index (χ1) is 10.4. The number of aliphatic hydroxyl groups is 1. The van der Waals surface area contributed by atoms with Crippen LogP contribution < -0.4 is 5.73 Å². The fourth-order valence-electron chi connectivity index (χ4n) is 2.34. The number of ether oxygens (including phenoxy) is 1. The topological polar surface area (TPSA) is 157 Å². The Kier molecular flexibility index (Phi) is 3.71. The maximum absolute atomic E-state index is 11.3. The van der Waals surface area contributed by atoms with E-state index in [1.807, 2.05) is 0 Å². The minimum absolute atomic E-state index is 0.220. The Morgan fingerprint density at radius 1 is 1.32 bits per heavy atom. The van der Waals surface area contributed by atoms with E-state index >= 15 is 0 Å². The van der Waals surface area contributed by atoms with Gasteiger partial charge in [0.1, 0.15) is 17.9 Å². The van der Waals surface area contributed by atoms with Gasteiger partial charge in [0.15, 0.2) is 17.3 Å². The van der Waals surface area contributed by atoms with E-state index < -0.39 is 32.2 Å². The van der Waals surface area contributed by atoms with E-state index in [0.29, 0.717) is 11.2 Å². The first-order valence-corrected chi connectivity index (χ1v) is 8.03. The highest BCUT2D eigenvalue weighted by atomic mass is 31.2. The fourth-order valence-corrected chi connectivity index (χ4v) is 2.98. The van der Waals surface area contributed by atoms with E-state index in [9.17, 15) is 19.5 Å². The van der Waals surface area contributed by atoms with Gasteiger partial charge in [0.2, 0.25) is 0 Å². The summed E-state index contributed by atoms with van der Waals surface area (Å²) < 4.78 is 18.2. The molecule has 0 bridgehead atoms. The van der Waals surface area contributed by atoms with E-state index in [2.05, 4.69) is 15.0 Å². The quantitative estimate of drug-likeness (QED) is 0.427. The molecule has 0 amide bonds. The average Bonchev–Trinajstić information content (AvgIpc) is 2.91. The second kappa shape index (κ2) is 5.41. The van der Waals surface area contributed by atoms with Crippen molar-refractivity contribution in [2.45, 2.75) is 18.0 Å². The number of aliphatic hydroxyl groups excluding tert-OH is 1. The lowest BCUT2D eigenvalue weighted by Crippen LogP contribution is -2.35. The van der Waals surface area contributed by atoms with Gasteiger partial charge in [-0.3, -0.25) is 4.57 Å². The molecule has 11 heteroatoms. The number of imidazole rings is 1. The van der Waals surface area contributed by atoms with Gasteiger partial charge in [0, 0.05) is 0 Å². The Balaban J connectivity index is 2.03. The summed E-state index contributed by atoms with van der Waals surface area (Å²) in [4.78, 5) is 30.4. The highest BCUT2D eigenvalue weighted by Gasteiger charge is 2.37. The lowest BCUT2D eigenvalue weighted by molar-refractivity contribution is -0.0251. The Bertz CT molecular complexity index is 771. The average molecular weight is 327 g/mol. The summed E-state index contributed by atoms with van der Waals surface area (Å²) in [6.07, 6.45) is 4.72. The Morgan fingerprint density at radius 2 is 2.09 bits per heavy atom. The minimum Gasteiger partial charge on any atom is -0.394 e. The van der Waals surface area contributed by atoms with E-state index in [1.165, 1.54) is 18.7 Å². The fraction of sp³-hybridized carbons (Fsp3) is 0.364. The summed E-state index contributed by atoms with van der Waals surface area (Å²) in [5, 5.41) is 9.47. The third-order valence-corrected chi connectivity index (χ3v) is 4.34. The van der Waals surface area contributed by atoms with Crippen molar-refractivity contribution in [1.82, 2.24) is 19.5 Å². The van der Waals surface area contributed by atoms with Gasteiger partial charge < -0.3 is 29.9 Å². The van der Waals surface area contributed by atoms with Gasteiger partial charge >= 0.3 is 7.60 Å². The molecule has 22 heavy (non-hydrogen) atoms. The van der Waals surface area contributed by atoms with Crippen molar-refractivity contribution in [3.8, 4) is 0 Å². The summed E-state index contributed by atoms with van der Waals surface area (Å²) in [7, 11) is -4.44. The third kappa shape index (κ3) is 2.51. The van der Waals surface area contributed by atoms with Crippen LogP contribution in [0.1, 0.15) is 6.04 Å². The molecule has 3 atom stereocenters. The number of anilines is 1. The molecule has 3 rings (SSSR count). The van der Waals surface area contributed by atoms with Crippen molar-refractivity contribution in [1.29, 1.82) is 0 Å². The summed E-state index contributed by atoms with van der Waals surface area (Å²) in [5.74, 6) is -1.16. The third-order valence-electron chi connectivity index (χ3n) is 3.39. The standard InChI is InChI=1S/C11H14N5O5P/c12-10-9-11(14-4-13-10)16(5-15-9)6-1-2-8(22(18,19)20)21-7(6)3-17/h1-2,4-8,17H,3H2,(H2,12,13,14)(H2,18,19,20)/t6-,7-,8-/m1/s1. The summed E-state index contributed by atoms with van der Waals surface area (Å²) in [6.45, 7) is -0.425. The number of rotatable bonds is 3. The van der Waals surface area contributed by atoms with Gasteiger partial charge in [-0.1, -0.05) is 6.08 Å². The molecule has 0 fully saturated rings. The Labute approximate surface area is 124 Å². The van der Waals surface area contributed by atoms with Gasteiger partial charge in [-0.2, -0.15) is 0 Å². The predicted molar refractivity (Wildman–Crippen MR) is 75.7 cm³/mol. The van der Waals surface area contributed by atoms with Crippen LogP contribution in [0.2, 0.25) is 0 Å². The lowest BCUT2D eigenvalue weighted by atomic mass is 10.1. The first kappa shape index (κ1) is 15.1. The van der Waals surface area contributed by atoms with Crippen molar-refractivity contribution in [3.63, 3.8) is 0 Å². The molecule has 1 aliphatic rings. The summed E-state index contributed by atoms with van der Waals surface area (Å²) >= 11 is 0. The van der Waals surface area contributed by atoms with Crippen molar-refractivity contribution >= 4 is 24.6 Å². The number of fused-ring (bicyclic) bond motifs is 1. The smallest absolute Gasteiger partial charge is 0.357 e. The maximum atomic E-state index is 11.3. The van der Waals surface area contributed by atoms with Gasteiger partial charge in [-0.05, 0) is 6.08 Å². The molecule has 118 valence electrons. The van der Waals surface area contributed by atoms with E-state index in [1.54, 1.807) is 10.6 Å². The second-order valence-corrected chi connectivity index (χ2v) is 6.48. The highest BCUT2D eigenvalue weighted by Crippen LogP contribution is 2.46. The van der Waals surface area contributed by atoms with Crippen LogP contribution in [0.4, 0.5) is 5.82 Å². The van der Waals surface area contributed by atoms with Gasteiger partial charge in [0.25, 0.3) is 0 Å². The van der Waals surface area contributed by atoms with E-state index in [-0.39, 0.29) is 5.82 Å². The molecule has 2 aromatic rings. The molecule has 1 aliphatic heterocycles. The van der Waals surface area contributed by atoms with E-state index in [0.717, 1.165) is 0 Å². The van der Waals surface area contributed by atoms with Crippen molar-refractivity contribution in [2.24, 2.45) is 0 Å². The highest BCUT2D eigenvalue weighted by molar-refractivity contribution is 7.52. The summed E-state index contributed by atoms with van der Waals surface area (Å²) in [6, 6.07) is -0.521. The van der Waals surface area contributed by atoms with Crippen LogP contribution in [0.3, 0.4) is 0 Å². The van der Waals surface area contributed by atoms with Crippen LogP contribution in [0.25, 0.3) is 11.2 Å². The Hall–Kier alpha value is -1.84. The molecular formula is C11H14N5O5P. The van der Waals surface area contributed by atoms with Crippen LogP contribution in [0.5, 0.6) is 0 Å². The largest absolute Gasteiger partial charge is 0.394 e. The van der Waals surface area contributed by atoms with Crippen molar-refractivity contribution in [2.75, 3.05) is 12.3 Å². The molecular weight excluding hydrogens is 313 g/mol. The number of nitrogens with zero attached hydrogens (tertiary/aromatic N) is 4. The zero-order valence-corrected chi connectivity index (χ0v) is 12.1. The molecule has 0 aromatic carbocycles. The number of nitrogens with two attached hydrogens (primary N) is 1. The molecule has 0 spiro atoms. The van der Waals surface area contributed by atoms with Crippen molar-refractivity contribution in [3.05, 3.63) is 24.8 Å². The number of aromatic nitrogens is 4. The lowest BCUT2D eigenvalue weighted by Gasteiger charge is -2.32. The maximum Gasteiger partial charge on any atom is 0.357 e. The number of hydrogen-bond donors (Lipinski definition) is 4. The number of hydrogen-bond acceptors (Lipinski definition) is 7. The zero-order valence-electron chi connectivity index (χ0n) is 11.2. The molecule has 0 aliphatic carbocycles. The molecule has 2 aromatic heterocycles. The molecule has 0 saturated heterocycles. The minimum atomic E-state index is -4.44. The molecule has 0 unspecified atom stereocenters. The Morgan fingerprint density at radius 3 is 2.77 bits per heavy atom. The SMILES string of the molecule is Nc1ncnc2c1ncn2[C@@H]1C=C[C@@H](P(=O)(O)O)O[C@@H]1CO. The van der Waals surface area contributed by atoms with Crippen LogP contribution in [0, 0.1) is 0 Å². The molecule has 10 nitrogen and oxygen atoms in total. The first-order valence-electron chi connectivity index (χ1n) is 6.34. The van der Waals surface area contributed by atoms with Crippen molar-refractivity contribution < 1.29 is 24.2 Å².